The van der Waals surface area contributed by atoms with E-state index in [0.29, 0.717) is 39.7 Å². The molecule has 176 valence electrons. The molecule has 1 fully saturated rings. The van der Waals surface area contributed by atoms with Gasteiger partial charge in [0.05, 0.1) is 28.1 Å². The zero-order valence-corrected chi connectivity index (χ0v) is 20.0. The summed E-state index contributed by atoms with van der Waals surface area (Å²) in [5.41, 5.74) is 5.59. The molecule has 1 aliphatic rings. The van der Waals surface area contributed by atoms with Gasteiger partial charge in [0.1, 0.15) is 5.52 Å². The Kier molecular flexibility index (Phi) is 5.56. The van der Waals surface area contributed by atoms with E-state index in [1.165, 1.54) is 0 Å². The number of rotatable bonds is 4. The maximum atomic E-state index is 12.9. The molecule has 1 aliphatic heterocycles. The summed E-state index contributed by atoms with van der Waals surface area (Å²) in [4.78, 5) is 30.4. The molecule has 4 heterocycles. The third kappa shape index (κ3) is 4.20. The summed E-state index contributed by atoms with van der Waals surface area (Å²) in [6, 6.07) is 15.6. The zero-order valence-electron chi connectivity index (χ0n) is 19.3. The van der Waals surface area contributed by atoms with Crippen LogP contribution in [0, 0.1) is 0 Å². The Morgan fingerprint density at radius 1 is 0.971 bits per heavy atom. The van der Waals surface area contributed by atoms with E-state index in [0.717, 1.165) is 48.2 Å². The lowest BCUT2D eigenvalue weighted by molar-refractivity contribution is 0.148. The average Bonchev–Trinajstić information content (AvgIpc) is 3.35. The number of pyridine rings is 1. The van der Waals surface area contributed by atoms with Gasteiger partial charge in [0.15, 0.2) is 5.65 Å². The van der Waals surface area contributed by atoms with Crippen LogP contribution >= 0.6 is 11.6 Å². The van der Waals surface area contributed by atoms with E-state index in [9.17, 15) is 4.79 Å². The van der Waals surface area contributed by atoms with Crippen molar-refractivity contribution >= 4 is 33.7 Å². The van der Waals surface area contributed by atoms with Crippen LogP contribution in [0.2, 0.25) is 5.02 Å². The van der Waals surface area contributed by atoms with Crippen LogP contribution in [0.4, 0.5) is 0 Å². The second-order valence-corrected chi connectivity index (χ2v) is 9.42. The summed E-state index contributed by atoms with van der Waals surface area (Å²) >= 11 is 6.56. The number of nitrogens with one attached hydrogen (secondary N) is 2. The number of halogens is 1. The highest BCUT2D eigenvalue weighted by molar-refractivity contribution is 6.35. The third-order valence-electron chi connectivity index (χ3n) is 6.57. The largest absolute Gasteiger partial charge is 0.305 e. The lowest BCUT2D eigenvalue weighted by atomic mass is 10.0. The quantitative estimate of drug-likeness (QED) is 0.400. The fraction of sp³-hybridized carbons (Fsp3) is 0.231. The Morgan fingerprint density at radius 3 is 2.54 bits per heavy atom. The van der Waals surface area contributed by atoms with Crippen LogP contribution in [-0.2, 0) is 6.54 Å². The number of hydrogen-bond donors (Lipinski definition) is 2. The molecule has 5 aromatic rings. The van der Waals surface area contributed by atoms with E-state index in [1.807, 2.05) is 48.5 Å². The lowest BCUT2D eigenvalue weighted by Crippen LogP contribution is -2.44. The monoisotopic (exact) mass is 485 g/mol. The Bertz CT molecular complexity index is 1590. The normalized spacial score (nSPS) is 15.3. The van der Waals surface area contributed by atoms with Crippen molar-refractivity contribution < 1.29 is 0 Å². The van der Waals surface area contributed by atoms with Gasteiger partial charge in [-0.2, -0.15) is 5.10 Å². The standard InChI is InChI=1S/C26H24ClN7O/c1-33-7-9-34(10-8-33)15-19-13-21-25(31-26(19)35)30-23(16-5-3-2-4-6-16)24(29-21)17-11-18-14-28-32-22(18)20(27)12-17/h2-6,11-14H,7-10,15H2,1H3,(H,28,32)(H,30,31,35). The Balaban J connectivity index is 1.51. The Hall–Kier alpha value is -3.59. The minimum atomic E-state index is -0.125. The van der Waals surface area contributed by atoms with Crippen molar-refractivity contribution in [1.82, 2.24) is 34.9 Å². The highest BCUT2D eigenvalue weighted by Gasteiger charge is 2.19. The summed E-state index contributed by atoms with van der Waals surface area (Å²) < 4.78 is 0. The molecule has 9 heteroatoms. The summed E-state index contributed by atoms with van der Waals surface area (Å²) in [7, 11) is 2.12. The van der Waals surface area contributed by atoms with E-state index < -0.39 is 0 Å². The van der Waals surface area contributed by atoms with Crippen molar-refractivity contribution in [3.8, 4) is 22.5 Å². The fourth-order valence-corrected chi connectivity index (χ4v) is 4.84. The first-order chi connectivity index (χ1) is 17.0. The predicted octanol–water partition coefficient (Wildman–Crippen LogP) is 3.93. The minimum absolute atomic E-state index is 0.125. The van der Waals surface area contributed by atoms with E-state index in [4.69, 9.17) is 21.6 Å². The number of hydrogen-bond acceptors (Lipinski definition) is 6. The predicted molar refractivity (Wildman–Crippen MR) is 138 cm³/mol. The van der Waals surface area contributed by atoms with Crippen molar-refractivity contribution in [2.24, 2.45) is 0 Å². The molecule has 35 heavy (non-hydrogen) atoms. The summed E-state index contributed by atoms with van der Waals surface area (Å²) in [6.07, 6.45) is 1.74. The molecule has 8 nitrogen and oxygen atoms in total. The molecule has 0 amide bonds. The van der Waals surface area contributed by atoms with Gasteiger partial charge in [-0.1, -0.05) is 41.9 Å². The molecule has 0 bridgehead atoms. The SMILES string of the molecule is CN1CCN(Cc2cc3nc(-c4cc(Cl)c5[nH]ncc5c4)c(-c4ccccc4)nc3[nH]c2=O)CC1. The van der Waals surface area contributed by atoms with Crippen LogP contribution in [0.3, 0.4) is 0 Å². The van der Waals surface area contributed by atoms with Crippen molar-refractivity contribution in [2.45, 2.75) is 6.54 Å². The summed E-state index contributed by atoms with van der Waals surface area (Å²) in [5.74, 6) is 0. The molecule has 0 radical (unpaired) electrons. The van der Waals surface area contributed by atoms with Gasteiger partial charge in [-0.15, -0.1) is 0 Å². The van der Waals surface area contributed by atoms with Gasteiger partial charge in [0.25, 0.3) is 5.56 Å². The van der Waals surface area contributed by atoms with Crippen LogP contribution < -0.4 is 5.56 Å². The number of H-pyrrole nitrogens is 2. The highest BCUT2D eigenvalue weighted by Crippen LogP contribution is 2.34. The van der Waals surface area contributed by atoms with Crippen molar-refractivity contribution in [3.63, 3.8) is 0 Å². The Morgan fingerprint density at radius 2 is 1.74 bits per heavy atom. The second-order valence-electron chi connectivity index (χ2n) is 9.02. The van der Waals surface area contributed by atoms with Gasteiger partial charge in [-0.25, -0.2) is 9.97 Å². The average molecular weight is 486 g/mol. The van der Waals surface area contributed by atoms with Crippen molar-refractivity contribution in [1.29, 1.82) is 0 Å². The molecule has 0 saturated carbocycles. The van der Waals surface area contributed by atoms with Crippen LogP contribution in [-0.4, -0.2) is 68.2 Å². The van der Waals surface area contributed by atoms with Crippen molar-refractivity contribution in [3.05, 3.63) is 75.7 Å². The maximum Gasteiger partial charge on any atom is 0.254 e. The van der Waals surface area contributed by atoms with Crippen molar-refractivity contribution in [2.75, 3.05) is 33.2 Å². The van der Waals surface area contributed by atoms with Crippen LogP contribution in [0.15, 0.2) is 59.5 Å². The van der Waals surface area contributed by atoms with E-state index >= 15 is 0 Å². The number of aromatic nitrogens is 5. The molecular formula is C26H24ClN7O. The molecule has 6 rings (SSSR count). The molecule has 0 unspecified atom stereocenters. The first kappa shape index (κ1) is 21.9. The second kappa shape index (κ2) is 8.88. The molecular weight excluding hydrogens is 462 g/mol. The van der Waals surface area contributed by atoms with Gasteiger partial charge in [0, 0.05) is 54.8 Å². The molecule has 1 saturated heterocycles. The van der Waals surface area contributed by atoms with E-state index in [-0.39, 0.29) is 5.56 Å². The van der Waals surface area contributed by atoms with Gasteiger partial charge in [-0.3, -0.25) is 14.8 Å². The molecule has 0 spiro atoms. The minimum Gasteiger partial charge on any atom is -0.305 e. The summed E-state index contributed by atoms with van der Waals surface area (Å²) in [6.45, 7) is 4.44. The first-order valence-corrected chi connectivity index (χ1v) is 12.0. The summed E-state index contributed by atoms with van der Waals surface area (Å²) in [5, 5.41) is 8.51. The van der Waals surface area contributed by atoms with E-state index in [2.05, 4.69) is 32.0 Å². The van der Waals surface area contributed by atoms with Gasteiger partial charge >= 0.3 is 0 Å². The smallest absolute Gasteiger partial charge is 0.254 e. The number of fused-ring (bicyclic) bond motifs is 2. The molecule has 0 aliphatic carbocycles. The third-order valence-corrected chi connectivity index (χ3v) is 6.87. The van der Waals surface area contributed by atoms with Gasteiger partial charge < -0.3 is 9.88 Å². The van der Waals surface area contributed by atoms with Gasteiger partial charge in [0.2, 0.25) is 0 Å². The Labute approximate surface area is 206 Å². The highest BCUT2D eigenvalue weighted by atomic mass is 35.5. The molecule has 2 N–H and O–H groups in total. The fourth-order valence-electron chi connectivity index (χ4n) is 4.57. The van der Waals surface area contributed by atoms with Crippen LogP contribution in [0.5, 0.6) is 0 Å². The maximum absolute atomic E-state index is 12.9. The number of nitrogens with zero attached hydrogens (tertiary/aromatic N) is 5. The van der Waals surface area contributed by atoms with Crippen LogP contribution in [0.1, 0.15) is 5.56 Å². The topological polar surface area (TPSA) is 93.8 Å². The van der Waals surface area contributed by atoms with E-state index in [1.54, 1.807) is 6.20 Å². The van der Waals surface area contributed by atoms with Crippen LogP contribution in [0.25, 0.3) is 44.6 Å². The number of likely N-dealkylation sites (N-methyl/N-ethyl adjacent to an activating group) is 1. The molecule has 0 atom stereocenters. The van der Waals surface area contributed by atoms with Gasteiger partial charge in [-0.05, 0) is 25.2 Å². The number of piperazine rings is 1. The molecule has 2 aromatic carbocycles. The zero-order chi connectivity index (χ0) is 23.9. The number of aromatic amines is 2. The first-order valence-electron chi connectivity index (χ1n) is 11.6. The lowest BCUT2D eigenvalue weighted by Gasteiger charge is -2.32. The number of benzene rings is 2. The molecule has 3 aromatic heterocycles.